The zero-order valence-corrected chi connectivity index (χ0v) is 20.6. The lowest BCUT2D eigenvalue weighted by Crippen LogP contribution is -2.46. The molecule has 2 aliphatic heterocycles. The number of ketones is 1. The number of carbonyl (C=O) groups is 2. The number of ether oxygens (including phenoxy) is 2. The Kier molecular flexibility index (Phi) is 6.17. The quantitative estimate of drug-likeness (QED) is 0.205. The molecule has 9 nitrogen and oxygen atoms in total. The fourth-order valence-corrected chi connectivity index (χ4v) is 5.66. The number of nitrogens with zero attached hydrogens (tertiary/aromatic N) is 3. The molecule has 2 heterocycles. The topological polar surface area (TPSA) is 123 Å². The Balaban J connectivity index is 1.80. The first kappa shape index (κ1) is 24.7. The third-order valence-electron chi connectivity index (χ3n) is 7.34. The van der Waals surface area contributed by atoms with Crippen LogP contribution in [-0.4, -0.2) is 43.0 Å². The molecule has 0 N–H and O–H groups in total. The minimum absolute atomic E-state index is 0.104. The lowest BCUT2D eigenvalue weighted by Gasteiger charge is -2.36. The molecule has 4 atom stereocenters. The fourth-order valence-electron chi connectivity index (χ4n) is 5.66. The van der Waals surface area contributed by atoms with Crippen LogP contribution in [0.5, 0.6) is 5.75 Å². The van der Waals surface area contributed by atoms with E-state index in [0.29, 0.717) is 17.0 Å². The zero-order valence-electron chi connectivity index (χ0n) is 20.6. The number of Topliss-reactive ketones (excluding diaryl/α,β-unsaturated/α-hetero) is 1. The lowest BCUT2D eigenvalue weighted by atomic mass is 9.68. The van der Waals surface area contributed by atoms with Crippen LogP contribution in [-0.2, 0) is 9.53 Å². The highest BCUT2D eigenvalue weighted by molar-refractivity contribution is 6.06. The standard InChI is InChI=1S/C29H23N3O6/c1-37-22-13-10-19(11-14-22)25-26(27(33)20-7-5-8-21(16-20)32(35)36)31-23-9-4-3-6-18(23)12-15-24(31)29(25,17-30)28(34)38-2/h3-16,24-26H,1-2H3/t24-,25+,26-,29+/m1/s1. The lowest BCUT2D eigenvalue weighted by molar-refractivity contribution is -0.384. The molecule has 190 valence electrons. The number of carbonyl (C=O) groups excluding carboxylic acids is 2. The van der Waals surface area contributed by atoms with Crippen LogP contribution in [0.1, 0.15) is 27.4 Å². The second kappa shape index (κ2) is 9.48. The number of anilines is 1. The summed E-state index contributed by atoms with van der Waals surface area (Å²) in [7, 11) is 2.74. The second-order valence-corrected chi connectivity index (χ2v) is 9.11. The Morgan fingerprint density at radius 3 is 2.45 bits per heavy atom. The summed E-state index contributed by atoms with van der Waals surface area (Å²) in [5.41, 5.74) is 0.115. The highest BCUT2D eigenvalue weighted by atomic mass is 16.6. The van der Waals surface area contributed by atoms with Gasteiger partial charge in [0.1, 0.15) is 11.8 Å². The van der Waals surface area contributed by atoms with E-state index in [0.717, 1.165) is 5.56 Å². The van der Waals surface area contributed by atoms with Crippen molar-refractivity contribution in [1.29, 1.82) is 5.26 Å². The number of hydrogen-bond acceptors (Lipinski definition) is 8. The van der Waals surface area contributed by atoms with Gasteiger partial charge in [-0.2, -0.15) is 5.26 Å². The summed E-state index contributed by atoms with van der Waals surface area (Å²) in [6, 6.07) is 20.1. The Morgan fingerprint density at radius 1 is 1.05 bits per heavy atom. The highest BCUT2D eigenvalue weighted by Crippen LogP contribution is 2.56. The number of nitro benzene ring substituents is 1. The van der Waals surface area contributed by atoms with Crippen molar-refractivity contribution in [2.45, 2.75) is 18.0 Å². The second-order valence-electron chi connectivity index (χ2n) is 9.11. The summed E-state index contributed by atoms with van der Waals surface area (Å²) < 4.78 is 10.5. The van der Waals surface area contributed by atoms with E-state index in [1.165, 1.54) is 38.5 Å². The summed E-state index contributed by atoms with van der Waals surface area (Å²) in [4.78, 5) is 40.6. The van der Waals surface area contributed by atoms with Crippen LogP contribution in [0.25, 0.3) is 6.08 Å². The van der Waals surface area contributed by atoms with Gasteiger partial charge in [-0.15, -0.1) is 0 Å². The van der Waals surface area contributed by atoms with Crippen LogP contribution in [0.15, 0.2) is 78.9 Å². The molecular weight excluding hydrogens is 486 g/mol. The number of esters is 1. The van der Waals surface area contributed by atoms with Crippen molar-refractivity contribution in [3.63, 3.8) is 0 Å². The molecule has 0 unspecified atom stereocenters. The van der Waals surface area contributed by atoms with Gasteiger partial charge >= 0.3 is 5.97 Å². The third-order valence-corrected chi connectivity index (χ3v) is 7.34. The molecule has 1 saturated heterocycles. The van der Waals surface area contributed by atoms with Crippen LogP contribution < -0.4 is 9.64 Å². The van der Waals surface area contributed by atoms with Gasteiger partial charge in [-0.3, -0.25) is 19.7 Å². The molecule has 3 aromatic rings. The molecule has 2 aliphatic rings. The number of para-hydroxylation sites is 1. The normalized spacial score (nSPS) is 23.1. The van der Waals surface area contributed by atoms with Crippen molar-refractivity contribution in [2.24, 2.45) is 5.41 Å². The number of hydrogen-bond donors (Lipinski definition) is 0. The predicted molar refractivity (Wildman–Crippen MR) is 139 cm³/mol. The summed E-state index contributed by atoms with van der Waals surface area (Å²) in [5, 5.41) is 22.2. The first-order valence-corrected chi connectivity index (χ1v) is 11.8. The van der Waals surface area contributed by atoms with Gasteiger partial charge in [-0.25, -0.2) is 0 Å². The molecule has 0 spiro atoms. The number of methoxy groups -OCH3 is 2. The maximum Gasteiger partial charge on any atom is 0.329 e. The SMILES string of the molecule is COC(=O)[C@]1(C#N)[C@@H](c2ccc(OC)cc2)[C@H](C(=O)c2cccc([N+](=O)[O-])c2)N2c3ccccc3C=C[C@@H]21. The van der Waals surface area contributed by atoms with Crippen LogP contribution in [0.3, 0.4) is 0 Å². The van der Waals surface area contributed by atoms with E-state index >= 15 is 0 Å². The van der Waals surface area contributed by atoms with Crippen LogP contribution in [0.4, 0.5) is 11.4 Å². The Morgan fingerprint density at radius 2 is 1.79 bits per heavy atom. The molecule has 9 heteroatoms. The van der Waals surface area contributed by atoms with Gasteiger partial charge in [0, 0.05) is 29.3 Å². The molecule has 0 aromatic heterocycles. The monoisotopic (exact) mass is 509 g/mol. The molecule has 1 fully saturated rings. The van der Waals surface area contributed by atoms with Gasteiger partial charge in [0.15, 0.2) is 11.2 Å². The molecule has 38 heavy (non-hydrogen) atoms. The smallest absolute Gasteiger partial charge is 0.329 e. The van der Waals surface area contributed by atoms with Crippen molar-refractivity contribution in [1.82, 2.24) is 0 Å². The van der Waals surface area contributed by atoms with Crippen molar-refractivity contribution in [3.8, 4) is 11.8 Å². The minimum Gasteiger partial charge on any atom is -0.497 e. The van der Waals surface area contributed by atoms with E-state index in [4.69, 9.17) is 9.47 Å². The van der Waals surface area contributed by atoms with Gasteiger partial charge in [0.25, 0.3) is 5.69 Å². The van der Waals surface area contributed by atoms with Gasteiger partial charge in [-0.05, 0) is 29.3 Å². The van der Waals surface area contributed by atoms with Gasteiger partial charge in [-0.1, -0.05) is 54.6 Å². The molecule has 3 aromatic carbocycles. The number of nitro groups is 1. The summed E-state index contributed by atoms with van der Waals surface area (Å²) in [5.74, 6) is -1.63. The molecule has 0 aliphatic carbocycles. The number of rotatable bonds is 6. The molecule has 0 radical (unpaired) electrons. The number of non-ortho nitro benzene ring substituents is 1. The molecule has 0 amide bonds. The highest BCUT2D eigenvalue weighted by Gasteiger charge is 2.67. The van der Waals surface area contributed by atoms with Crippen LogP contribution >= 0.6 is 0 Å². The van der Waals surface area contributed by atoms with Gasteiger partial charge in [0.05, 0.1) is 31.3 Å². The number of nitriles is 1. The molecule has 5 rings (SSSR count). The van der Waals surface area contributed by atoms with Gasteiger partial charge < -0.3 is 14.4 Å². The van der Waals surface area contributed by atoms with E-state index < -0.39 is 40.1 Å². The summed E-state index contributed by atoms with van der Waals surface area (Å²) in [6.07, 6.45) is 3.58. The predicted octanol–water partition coefficient (Wildman–Crippen LogP) is 4.54. The minimum atomic E-state index is -1.80. The average molecular weight is 510 g/mol. The Hall–Kier alpha value is -4.97. The molecule has 0 saturated carbocycles. The Bertz CT molecular complexity index is 1510. The maximum absolute atomic E-state index is 14.3. The van der Waals surface area contributed by atoms with E-state index in [1.807, 2.05) is 30.3 Å². The largest absolute Gasteiger partial charge is 0.497 e. The van der Waals surface area contributed by atoms with Crippen LogP contribution in [0, 0.1) is 26.9 Å². The van der Waals surface area contributed by atoms with E-state index in [1.54, 1.807) is 35.2 Å². The Labute approximate surface area is 218 Å². The summed E-state index contributed by atoms with van der Waals surface area (Å²) in [6.45, 7) is 0. The number of fused-ring (bicyclic) bond motifs is 3. The van der Waals surface area contributed by atoms with Crippen molar-refractivity contribution >= 4 is 29.2 Å². The van der Waals surface area contributed by atoms with E-state index in [2.05, 4.69) is 6.07 Å². The van der Waals surface area contributed by atoms with Crippen molar-refractivity contribution in [3.05, 3.63) is 106 Å². The van der Waals surface area contributed by atoms with Crippen LogP contribution in [0.2, 0.25) is 0 Å². The zero-order chi connectivity index (χ0) is 27.0. The van der Waals surface area contributed by atoms with Crippen molar-refractivity contribution in [2.75, 3.05) is 19.1 Å². The number of benzene rings is 3. The van der Waals surface area contributed by atoms with Gasteiger partial charge in [0.2, 0.25) is 0 Å². The maximum atomic E-state index is 14.3. The third kappa shape index (κ3) is 3.61. The van der Waals surface area contributed by atoms with Crippen molar-refractivity contribution < 1.29 is 24.0 Å². The van der Waals surface area contributed by atoms with E-state index in [-0.39, 0.29) is 11.3 Å². The molecule has 0 bridgehead atoms. The summed E-state index contributed by atoms with van der Waals surface area (Å²) >= 11 is 0. The first-order valence-electron chi connectivity index (χ1n) is 11.8. The molecular formula is C29H23N3O6. The fraction of sp³-hybridized carbons (Fsp3) is 0.207. The average Bonchev–Trinajstić information content (AvgIpc) is 3.28. The first-order chi connectivity index (χ1) is 18.4. The van der Waals surface area contributed by atoms with E-state index in [9.17, 15) is 25.0 Å².